The Balaban J connectivity index is 1.39. The number of Topliss-reactive ketones (excluding diaryl/α,β-unsaturated/α-hetero) is 1. The number of nitrogens with zero attached hydrogens (tertiary/aromatic N) is 1. The minimum absolute atomic E-state index is 0.00813. The molecule has 2 fully saturated rings. The van der Waals surface area contributed by atoms with Crippen LogP contribution in [0.4, 0.5) is 0 Å². The number of phenols is 1. The zero-order valence-corrected chi connectivity index (χ0v) is 37.6. The van der Waals surface area contributed by atoms with Crippen LogP contribution in [0.2, 0.25) is 0 Å². The van der Waals surface area contributed by atoms with Crippen molar-refractivity contribution in [2.75, 3.05) is 6.54 Å². The number of carbonyl (C=O) groups is 10. The third kappa shape index (κ3) is 11.9. The second kappa shape index (κ2) is 21.1. The molecule has 3 aromatic carbocycles. The Morgan fingerprint density at radius 3 is 1.97 bits per heavy atom. The van der Waals surface area contributed by atoms with Crippen molar-refractivity contribution in [2.24, 2.45) is 0 Å². The number of fused-ring (bicyclic) bond motifs is 1. The first-order chi connectivity index (χ1) is 31.1. The fraction of sp³-hybridized carbons (Fsp3) is 0.378. The molecule has 350 valence electrons. The van der Waals surface area contributed by atoms with Crippen molar-refractivity contribution in [1.82, 2.24) is 26.2 Å². The summed E-state index contributed by atoms with van der Waals surface area (Å²) in [7, 11) is 0. The molecule has 66 heavy (non-hydrogen) atoms. The minimum Gasteiger partial charge on any atom is -0.508 e. The fourth-order valence-electron chi connectivity index (χ4n) is 7.48. The van der Waals surface area contributed by atoms with Gasteiger partial charge in [-0.25, -0.2) is 4.79 Å². The van der Waals surface area contributed by atoms with Gasteiger partial charge < -0.3 is 50.6 Å². The maximum absolute atomic E-state index is 14.4. The molecule has 2 aliphatic heterocycles. The van der Waals surface area contributed by atoms with Crippen molar-refractivity contribution >= 4 is 71.0 Å². The maximum Gasteiger partial charge on any atom is 0.327 e. The number of aliphatic carboxylic acids is 1. The third-order valence-corrected chi connectivity index (χ3v) is 11.9. The molecule has 0 bridgehead atoms. The van der Waals surface area contributed by atoms with Crippen LogP contribution in [0.5, 0.6) is 23.0 Å². The molecular weight excluding hydrogens is 883 g/mol. The number of nitrogens with one attached hydrogen (secondary N) is 4. The van der Waals surface area contributed by atoms with Gasteiger partial charge in [-0.05, 0) is 75.9 Å². The molecule has 0 spiro atoms. The summed E-state index contributed by atoms with van der Waals surface area (Å²) in [5.74, 6) is -8.58. The number of β-lactam (4-membered cyclic amide) rings is 1. The van der Waals surface area contributed by atoms with Crippen LogP contribution in [0.3, 0.4) is 0 Å². The number of hydrogen-bond acceptors (Lipinski definition) is 15. The first-order valence-electron chi connectivity index (χ1n) is 20.6. The quantitative estimate of drug-likeness (QED) is 0.0436. The lowest BCUT2D eigenvalue weighted by atomic mass is 9.95. The van der Waals surface area contributed by atoms with E-state index in [4.69, 9.17) is 14.2 Å². The highest BCUT2D eigenvalue weighted by molar-refractivity contribution is 8.01. The smallest absolute Gasteiger partial charge is 0.327 e. The summed E-state index contributed by atoms with van der Waals surface area (Å²) in [5, 5.41) is 29.7. The van der Waals surface area contributed by atoms with Gasteiger partial charge in [0.15, 0.2) is 11.5 Å². The van der Waals surface area contributed by atoms with E-state index in [-0.39, 0.29) is 83.3 Å². The van der Waals surface area contributed by atoms with Crippen molar-refractivity contribution in [3.05, 3.63) is 82.9 Å². The van der Waals surface area contributed by atoms with E-state index in [1.807, 2.05) is 0 Å². The van der Waals surface area contributed by atoms with Crippen LogP contribution < -0.4 is 35.5 Å². The van der Waals surface area contributed by atoms with Crippen molar-refractivity contribution < 1.29 is 72.4 Å². The van der Waals surface area contributed by atoms with Gasteiger partial charge in [0.25, 0.3) is 11.8 Å². The number of carbonyl (C=O) groups excluding carboxylic acids is 9. The molecule has 2 aliphatic rings. The number of hydrogen-bond donors (Lipinski definition) is 6. The van der Waals surface area contributed by atoms with Gasteiger partial charge >= 0.3 is 23.9 Å². The number of thioether (sulfide) groups is 1. The average molecular weight is 932 g/mol. The van der Waals surface area contributed by atoms with E-state index >= 15 is 0 Å². The van der Waals surface area contributed by atoms with Gasteiger partial charge in [0.05, 0.1) is 11.1 Å². The van der Waals surface area contributed by atoms with Crippen molar-refractivity contribution in [3.63, 3.8) is 0 Å². The summed E-state index contributed by atoms with van der Waals surface area (Å²) in [5.41, 5.74) is 0.0869. The molecule has 6 N–H and O–H groups in total. The molecule has 3 aromatic rings. The molecule has 2 saturated heterocycles. The summed E-state index contributed by atoms with van der Waals surface area (Å²) in [4.78, 5) is 130. The first kappa shape index (κ1) is 49.7. The van der Waals surface area contributed by atoms with Crippen LogP contribution in [0.15, 0.2) is 60.7 Å². The van der Waals surface area contributed by atoms with Crippen molar-refractivity contribution in [2.45, 2.75) is 102 Å². The predicted octanol–water partition coefficient (Wildman–Crippen LogP) is 2.49. The summed E-state index contributed by atoms with van der Waals surface area (Å²) >= 11 is 1.20. The maximum atomic E-state index is 14.4. The topological polar surface area (TPSA) is 290 Å². The van der Waals surface area contributed by atoms with Gasteiger partial charge in [-0.15, -0.1) is 11.8 Å². The third-order valence-electron chi connectivity index (χ3n) is 10.3. The summed E-state index contributed by atoms with van der Waals surface area (Å²) in [6.45, 7) is 7.99. The molecule has 21 heteroatoms. The largest absolute Gasteiger partial charge is 0.508 e. The number of aromatic hydroxyl groups is 1. The van der Waals surface area contributed by atoms with E-state index in [0.717, 1.165) is 20.8 Å². The fourth-order valence-corrected chi connectivity index (χ4v) is 9.11. The van der Waals surface area contributed by atoms with Gasteiger partial charge in [0, 0.05) is 44.0 Å². The number of ketones is 1. The van der Waals surface area contributed by atoms with Crippen LogP contribution >= 0.6 is 11.8 Å². The van der Waals surface area contributed by atoms with Crippen molar-refractivity contribution in [1.29, 1.82) is 0 Å². The number of carboxylic acid groups (broad SMARTS) is 1. The summed E-state index contributed by atoms with van der Waals surface area (Å²) < 4.78 is 14.8. The summed E-state index contributed by atoms with van der Waals surface area (Å²) in [6.07, 6.45) is 0.0361. The van der Waals surface area contributed by atoms with Gasteiger partial charge in [-0.3, -0.25) is 43.2 Å². The normalized spacial score (nSPS) is 17.7. The highest BCUT2D eigenvalue weighted by Gasteiger charge is 2.64. The summed E-state index contributed by atoms with van der Waals surface area (Å²) in [6, 6.07) is 8.39. The second-order valence-electron chi connectivity index (χ2n) is 16.0. The second-order valence-corrected chi connectivity index (χ2v) is 17.8. The Morgan fingerprint density at radius 2 is 1.36 bits per heavy atom. The Bertz CT molecular complexity index is 2460. The number of ether oxygens (including phenoxy) is 3. The van der Waals surface area contributed by atoms with Gasteiger partial charge in [0.2, 0.25) is 17.7 Å². The zero-order valence-electron chi connectivity index (χ0n) is 36.8. The van der Waals surface area contributed by atoms with Crippen LogP contribution in [0.25, 0.3) is 0 Å². The molecule has 0 aromatic heterocycles. The SMILES string of the molecule is CC(=O)Cc1cccc(C(=O)NC(CCCCNC(=O)c2cccc(OC(C)=O)c2OC(C)=O)C(=O)NC(C(=O)NC2C(=O)N3C2SC(C)(C)C3C(=O)O)c2ccc(O)cc2)c1OC(C)=O. The first-order valence-corrected chi connectivity index (χ1v) is 21.5. The van der Waals surface area contributed by atoms with Crippen LogP contribution in [0, 0.1) is 0 Å². The van der Waals surface area contributed by atoms with E-state index in [2.05, 4.69) is 21.3 Å². The molecule has 5 unspecified atom stereocenters. The molecular formula is C45H49N5O15S. The van der Waals surface area contributed by atoms with Crippen LogP contribution in [-0.2, 0) is 44.8 Å². The molecule has 5 amide bonds. The predicted molar refractivity (Wildman–Crippen MR) is 233 cm³/mol. The molecule has 0 radical (unpaired) electrons. The Hall–Kier alpha value is -7.29. The average Bonchev–Trinajstić information content (AvgIpc) is 3.49. The minimum atomic E-state index is -1.53. The lowest BCUT2D eigenvalue weighted by molar-refractivity contribution is -0.161. The van der Waals surface area contributed by atoms with Crippen LogP contribution in [-0.4, -0.2) is 109 Å². The number of para-hydroxylation sites is 2. The molecule has 5 rings (SSSR count). The molecule has 2 heterocycles. The van der Waals surface area contributed by atoms with Crippen molar-refractivity contribution in [3.8, 4) is 23.0 Å². The van der Waals surface area contributed by atoms with E-state index in [1.54, 1.807) is 13.8 Å². The standard InChI is InChI=1S/C45H49N5O15S/c1-22(51)21-27-11-9-12-29(35(27)64-24(3)53)39(57)47-31(14-7-8-20-46-38(56)30-13-10-15-32(63-23(2)52)36(30)65-25(4)54)40(58)48-33(26-16-18-28(55)19-17-26)41(59)49-34-42(60)50-37(44(61)62)45(5,6)66-43(34)50/h9-13,15-19,31,33-34,37,43,55H,7-8,14,20-21H2,1-6H3,(H,46,56)(H,47,57)(H,48,58)(H,49,59)(H,61,62). The number of carboxylic acids is 1. The van der Waals surface area contributed by atoms with Crippen LogP contribution in [0.1, 0.15) is 98.7 Å². The molecule has 5 atom stereocenters. The monoisotopic (exact) mass is 931 g/mol. The van der Waals surface area contributed by atoms with Gasteiger partial charge in [0.1, 0.15) is 46.8 Å². The van der Waals surface area contributed by atoms with E-state index < -0.39 is 87.7 Å². The van der Waals surface area contributed by atoms with E-state index in [9.17, 15) is 58.2 Å². The zero-order chi connectivity index (χ0) is 48.6. The molecule has 20 nitrogen and oxygen atoms in total. The number of amides is 5. The Morgan fingerprint density at radius 1 is 0.758 bits per heavy atom. The number of benzene rings is 3. The highest BCUT2D eigenvalue weighted by Crippen LogP contribution is 2.51. The van der Waals surface area contributed by atoms with E-state index in [1.165, 1.54) is 84.2 Å². The number of esters is 3. The molecule has 0 saturated carbocycles. The molecule has 0 aliphatic carbocycles. The van der Waals surface area contributed by atoms with Gasteiger partial charge in [-0.1, -0.05) is 30.3 Å². The van der Waals surface area contributed by atoms with Gasteiger partial charge in [-0.2, -0.15) is 0 Å². The number of unbranched alkanes of at least 4 members (excludes halogenated alkanes) is 1. The number of rotatable bonds is 19. The number of phenolic OH excluding ortho intramolecular Hbond substituents is 1. The Kier molecular flexibility index (Phi) is 15.9. The van der Waals surface area contributed by atoms with E-state index in [0.29, 0.717) is 0 Å². The lowest BCUT2D eigenvalue weighted by Gasteiger charge is -2.44. The highest BCUT2D eigenvalue weighted by atomic mass is 32.2. The lowest BCUT2D eigenvalue weighted by Crippen LogP contribution is -2.71. The Labute approximate surface area is 382 Å².